The molecular formula is C14H18N4O2S. The van der Waals surface area contributed by atoms with Crippen LogP contribution in [-0.4, -0.2) is 35.9 Å². The molecule has 3 N–H and O–H groups in total. The first-order valence-electron chi connectivity index (χ1n) is 6.47. The lowest BCUT2D eigenvalue weighted by Gasteiger charge is -2.08. The van der Waals surface area contributed by atoms with Gasteiger partial charge in [-0.25, -0.2) is 0 Å². The molecular weight excluding hydrogens is 288 g/mol. The highest BCUT2D eigenvalue weighted by molar-refractivity contribution is 7.18. The topological polar surface area (TPSA) is 90.1 Å². The summed E-state index contributed by atoms with van der Waals surface area (Å²) < 4.78 is 4.84. The van der Waals surface area contributed by atoms with E-state index in [0.29, 0.717) is 5.13 Å². The van der Waals surface area contributed by atoms with E-state index >= 15 is 0 Å². The van der Waals surface area contributed by atoms with Crippen molar-refractivity contribution < 1.29 is 9.53 Å². The lowest BCUT2D eigenvalue weighted by Crippen LogP contribution is -2.39. The number of carbonyl (C=O) groups excluding carboxylic acids is 1. The minimum absolute atomic E-state index is 0.161. The molecule has 2 rings (SSSR count). The van der Waals surface area contributed by atoms with Crippen LogP contribution in [0.25, 0.3) is 10.6 Å². The van der Waals surface area contributed by atoms with Gasteiger partial charge in [0.1, 0.15) is 11.0 Å². The summed E-state index contributed by atoms with van der Waals surface area (Å²) in [6.45, 7) is 4.22. The van der Waals surface area contributed by atoms with E-state index in [2.05, 4.69) is 21.6 Å². The number of nitrogens with two attached hydrogens (primary N) is 1. The number of anilines is 1. The summed E-state index contributed by atoms with van der Waals surface area (Å²) in [7, 11) is 1.50. The molecule has 1 heterocycles. The smallest absolute Gasteiger partial charge is 0.245 e. The maximum atomic E-state index is 11.8. The number of rotatable bonds is 5. The maximum absolute atomic E-state index is 11.8. The number of methoxy groups -OCH3 is 1. The predicted molar refractivity (Wildman–Crippen MR) is 83.3 cm³/mol. The van der Waals surface area contributed by atoms with Crippen LogP contribution in [0.15, 0.2) is 18.2 Å². The number of ether oxygens (including phenoxy) is 1. The fourth-order valence-corrected chi connectivity index (χ4v) is 2.68. The van der Waals surface area contributed by atoms with Crippen LogP contribution in [0, 0.1) is 13.8 Å². The number of nitrogens with zero attached hydrogens (tertiary/aromatic N) is 2. The molecule has 1 unspecified atom stereocenters. The molecule has 21 heavy (non-hydrogen) atoms. The van der Waals surface area contributed by atoms with E-state index in [4.69, 9.17) is 10.5 Å². The Balaban J connectivity index is 2.13. The number of hydrogen-bond donors (Lipinski definition) is 2. The van der Waals surface area contributed by atoms with Crippen molar-refractivity contribution in [1.29, 1.82) is 0 Å². The quantitative estimate of drug-likeness (QED) is 0.878. The molecule has 1 aromatic heterocycles. The molecule has 1 aromatic carbocycles. The molecule has 0 aliphatic carbocycles. The van der Waals surface area contributed by atoms with E-state index in [0.717, 1.165) is 21.7 Å². The molecule has 7 heteroatoms. The van der Waals surface area contributed by atoms with Crippen molar-refractivity contribution in [3.05, 3.63) is 29.3 Å². The number of carbonyl (C=O) groups is 1. The molecule has 0 bridgehead atoms. The van der Waals surface area contributed by atoms with Crippen molar-refractivity contribution in [2.45, 2.75) is 19.9 Å². The Kier molecular flexibility index (Phi) is 5.00. The number of aromatic nitrogens is 2. The molecule has 0 saturated heterocycles. The van der Waals surface area contributed by atoms with Crippen LogP contribution in [0.4, 0.5) is 5.13 Å². The molecule has 112 valence electrons. The van der Waals surface area contributed by atoms with Gasteiger partial charge in [0.25, 0.3) is 0 Å². The van der Waals surface area contributed by atoms with Crippen LogP contribution in [0.5, 0.6) is 0 Å². The van der Waals surface area contributed by atoms with Gasteiger partial charge in [0.2, 0.25) is 11.0 Å². The van der Waals surface area contributed by atoms with Crippen molar-refractivity contribution >= 4 is 22.4 Å². The first-order valence-corrected chi connectivity index (χ1v) is 7.29. The Morgan fingerprint density at radius 1 is 1.33 bits per heavy atom. The van der Waals surface area contributed by atoms with Crippen molar-refractivity contribution in [3.63, 3.8) is 0 Å². The fourth-order valence-electron chi connectivity index (χ4n) is 1.94. The second-order valence-electron chi connectivity index (χ2n) is 4.84. The molecule has 0 aliphatic rings. The number of nitrogens with one attached hydrogen (secondary N) is 1. The zero-order chi connectivity index (χ0) is 15.4. The zero-order valence-corrected chi connectivity index (χ0v) is 13.0. The van der Waals surface area contributed by atoms with E-state index in [1.807, 2.05) is 26.0 Å². The van der Waals surface area contributed by atoms with Gasteiger partial charge in [-0.2, -0.15) is 0 Å². The zero-order valence-electron chi connectivity index (χ0n) is 12.2. The van der Waals surface area contributed by atoms with Crippen LogP contribution in [-0.2, 0) is 9.53 Å². The summed E-state index contributed by atoms with van der Waals surface area (Å²) in [6, 6.07) is 5.45. The van der Waals surface area contributed by atoms with Gasteiger partial charge in [-0.15, -0.1) is 10.2 Å². The second kappa shape index (κ2) is 6.75. The summed E-state index contributed by atoms with van der Waals surface area (Å²) in [6.07, 6.45) is 0. The third-order valence-corrected chi connectivity index (χ3v) is 3.69. The predicted octanol–water partition coefficient (Wildman–Crippen LogP) is 1.73. The molecule has 1 amide bonds. The summed E-state index contributed by atoms with van der Waals surface area (Å²) in [5.41, 5.74) is 8.97. The van der Waals surface area contributed by atoms with Crippen LogP contribution >= 0.6 is 11.3 Å². The Morgan fingerprint density at radius 3 is 2.62 bits per heavy atom. The van der Waals surface area contributed by atoms with E-state index in [1.54, 1.807) is 0 Å². The average molecular weight is 306 g/mol. The highest BCUT2D eigenvalue weighted by Gasteiger charge is 2.16. The van der Waals surface area contributed by atoms with Crippen molar-refractivity contribution in [2.24, 2.45) is 5.73 Å². The van der Waals surface area contributed by atoms with Crippen molar-refractivity contribution in [1.82, 2.24) is 10.2 Å². The second-order valence-corrected chi connectivity index (χ2v) is 5.82. The van der Waals surface area contributed by atoms with E-state index in [-0.39, 0.29) is 12.5 Å². The van der Waals surface area contributed by atoms with Crippen LogP contribution in [0.3, 0.4) is 0 Å². The van der Waals surface area contributed by atoms with Gasteiger partial charge in [0, 0.05) is 12.7 Å². The Morgan fingerprint density at radius 2 is 2.00 bits per heavy atom. The van der Waals surface area contributed by atoms with Crippen molar-refractivity contribution in [3.8, 4) is 10.6 Å². The third-order valence-electron chi connectivity index (χ3n) is 2.81. The highest BCUT2D eigenvalue weighted by atomic mass is 32.1. The van der Waals surface area contributed by atoms with Crippen LogP contribution < -0.4 is 11.1 Å². The minimum atomic E-state index is -0.719. The van der Waals surface area contributed by atoms with Crippen LogP contribution in [0.1, 0.15) is 11.1 Å². The Hall–Kier alpha value is -1.83. The van der Waals surface area contributed by atoms with Gasteiger partial charge in [-0.3, -0.25) is 10.1 Å². The Bertz CT molecular complexity index is 621. The summed E-state index contributed by atoms with van der Waals surface area (Å²) in [4.78, 5) is 11.8. The van der Waals surface area contributed by atoms with Gasteiger partial charge >= 0.3 is 0 Å². The van der Waals surface area contributed by atoms with Gasteiger partial charge in [-0.05, 0) is 26.0 Å². The molecule has 0 saturated carbocycles. The fraction of sp³-hybridized carbons (Fsp3) is 0.357. The molecule has 2 aromatic rings. The van der Waals surface area contributed by atoms with E-state index < -0.39 is 6.04 Å². The monoisotopic (exact) mass is 306 g/mol. The molecule has 1 atom stereocenters. The molecule has 0 radical (unpaired) electrons. The van der Waals surface area contributed by atoms with Gasteiger partial charge in [0.05, 0.1) is 6.61 Å². The van der Waals surface area contributed by atoms with Gasteiger partial charge in [0.15, 0.2) is 0 Å². The normalized spacial score (nSPS) is 12.2. The summed E-state index contributed by atoms with van der Waals surface area (Å²) in [5.74, 6) is -0.333. The van der Waals surface area contributed by atoms with Crippen LogP contribution in [0.2, 0.25) is 0 Å². The molecule has 0 aliphatic heterocycles. The SMILES string of the molecule is COCC(N)C(=O)Nc1nnc(-c2cc(C)cc(C)c2)s1. The number of amides is 1. The van der Waals surface area contributed by atoms with E-state index in [9.17, 15) is 4.79 Å². The van der Waals surface area contributed by atoms with Gasteiger partial charge < -0.3 is 10.5 Å². The number of aryl methyl sites for hydroxylation is 2. The number of benzene rings is 1. The highest BCUT2D eigenvalue weighted by Crippen LogP contribution is 2.27. The summed E-state index contributed by atoms with van der Waals surface area (Å²) >= 11 is 1.32. The number of hydrogen-bond acceptors (Lipinski definition) is 6. The molecule has 0 spiro atoms. The first-order chi connectivity index (χ1) is 9.99. The average Bonchev–Trinajstić information content (AvgIpc) is 2.86. The lowest BCUT2D eigenvalue weighted by molar-refractivity contribution is -0.118. The molecule has 0 fully saturated rings. The summed E-state index contributed by atoms with van der Waals surface area (Å²) in [5, 5.41) is 11.9. The van der Waals surface area contributed by atoms with Crippen molar-refractivity contribution in [2.75, 3.05) is 19.0 Å². The standard InChI is InChI=1S/C14H18N4O2S/c1-8-4-9(2)6-10(5-8)13-17-18-14(21-13)16-12(19)11(15)7-20-3/h4-6,11H,7,15H2,1-3H3,(H,16,18,19). The molecule has 6 nitrogen and oxygen atoms in total. The van der Waals surface area contributed by atoms with Gasteiger partial charge in [-0.1, -0.05) is 28.5 Å². The third kappa shape index (κ3) is 4.07. The largest absolute Gasteiger partial charge is 0.383 e. The maximum Gasteiger partial charge on any atom is 0.245 e. The first kappa shape index (κ1) is 15.6. The lowest BCUT2D eigenvalue weighted by atomic mass is 10.1. The minimum Gasteiger partial charge on any atom is -0.383 e. The van der Waals surface area contributed by atoms with E-state index in [1.165, 1.54) is 18.4 Å². The Labute approximate surface area is 127 Å².